The van der Waals surface area contributed by atoms with Crippen LogP contribution in [0.2, 0.25) is 0 Å². The van der Waals surface area contributed by atoms with Crippen LogP contribution in [0.5, 0.6) is 0 Å². The van der Waals surface area contributed by atoms with Gasteiger partial charge >= 0.3 is 0 Å². The van der Waals surface area contributed by atoms with Crippen LogP contribution in [0, 0.1) is 6.92 Å². The van der Waals surface area contributed by atoms with E-state index < -0.39 is 0 Å². The molecule has 0 aromatic carbocycles. The van der Waals surface area contributed by atoms with Gasteiger partial charge < -0.3 is 0 Å². The fourth-order valence-electron chi connectivity index (χ4n) is 1.18. The number of hydrogen-bond acceptors (Lipinski definition) is 4. The van der Waals surface area contributed by atoms with Crippen LogP contribution in [0.15, 0.2) is 28.7 Å². The lowest BCUT2D eigenvalue weighted by Gasteiger charge is -2.01. The summed E-state index contributed by atoms with van der Waals surface area (Å²) >= 11 is 3.28. The van der Waals surface area contributed by atoms with E-state index in [1.807, 2.05) is 25.3 Å². The van der Waals surface area contributed by atoms with Gasteiger partial charge in [0.15, 0.2) is 5.16 Å². The summed E-state index contributed by atoms with van der Waals surface area (Å²) in [7, 11) is 0. The molecule has 2 aromatic heterocycles. The Balaban J connectivity index is 2.48. The summed E-state index contributed by atoms with van der Waals surface area (Å²) < 4.78 is 0. The zero-order valence-corrected chi connectivity index (χ0v) is 9.65. The molecule has 2 aromatic rings. The van der Waals surface area contributed by atoms with Crippen LogP contribution in [-0.2, 0) is 0 Å². The number of aromatic nitrogens is 2. The molecule has 0 fully saturated rings. The lowest BCUT2D eigenvalue weighted by Crippen LogP contribution is -1.91. The molecular formula is C10H10N2S2. The van der Waals surface area contributed by atoms with Crippen molar-refractivity contribution < 1.29 is 0 Å². The van der Waals surface area contributed by atoms with Gasteiger partial charge in [-0.05, 0) is 30.7 Å². The molecule has 0 aliphatic heterocycles. The van der Waals surface area contributed by atoms with E-state index in [9.17, 15) is 0 Å². The molecule has 0 bridgehead atoms. The predicted molar refractivity (Wildman–Crippen MR) is 61.9 cm³/mol. The first-order valence-corrected chi connectivity index (χ1v) is 6.33. The van der Waals surface area contributed by atoms with Crippen LogP contribution in [0.25, 0.3) is 10.6 Å². The summed E-state index contributed by atoms with van der Waals surface area (Å²) in [6, 6.07) is 6.14. The number of thioether (sulfide) groups is 1. The van der Waals surface area contributed by atoms with E-state index in [4.69, 9.17) is 0 Å². The Kier molecular flexibility index (Phi) is 2.84. The second-order valence-corrected chi connectivity index (χ2v) is 4.58. The Morgan fingerprint density at radius 3 is 2.86 bits per heavy atom. The van der Waals surface area contributed by atoms with E-state index in [1.54, 1.807) is 23.1 Å². The summed E-state index contributed by atoms with van der Waals surface area (Å²) in [5.41, 5.74) is 2.05. The fourth-order valence-corrected chi connectivity index (χ4v) is 2.29. The highest BCUT2D eigenvalue weighted by atomic mass is 32.2. The SMILES string of the molecule is CSc1nc(C)cc(-c2cccs2)n1. The van der Waals surface area contributed by atoms with Crippen molar-refractivity contribution >= 4 is 23.1 Å². The molecule has 0 N–H and O–H groups in total. The molecule has 0 unspecified atom stereocenters. The molecule has 0 amide bonds. The third-order valence-electron chi connectivity index (χ3n) is 1.79. The first-order valence-electron chi connectivity index (χ1n) is 4.23. The van der Waals surface area contributed by atoms with E-state index >= 15 is 0 Å². The van der Waals surface area contributed by atoms with Crippen molar-refractivity contribution in [2.75, 3.05) is 6.26 Å². The average molecular weight is 222 g/mol. The highest BCUT2D eigenvalue weighted by molar-refractivity contribution is 7.98. The molecule has 72 valence electrons. The molecule has 0 spiro atoms. The lowest BCUT2D eigenvalue weighted by molar-refractivity contribution is 0.942. The zero-order chi connectivity index (χ0) is 9.97. The van der Waals surface area contributed by atoms with Crippen molar-refractivity contribution in [2.45, 2.75) is 12.1 Å². The number of hydrogen-bond donors (Lipinski definition) is 0. The minimum absolute atomic E-state index is 0.841. The smallest absolute Gasteiger partial charge is 0.188 e. The molecule has 0 aliphatic carbocycles. The third kappa shape index (κ3) is 1.96. The summed E-state index contributed by atoms with van der Waals surface area (Å²) in [5, 5.41) is 2.90. The largest absolute Gasteiger partial charge is 0.228 e. The van der Waals surface area contributed by atoms with E-state index in [2.05, 4.69) is 21.4 Å². The lowest BCUT2D eigenvalue weighted by atomic mass is 10.3. The molecule has 2 nitrogen and oxygen atoms in total. The summed E-state index contributed by atoms with van der Waals surface area (Å²) in [4.78, 5) is 9.98. The van der Waals surface area contributed by atoms with Gasteiger partial charge in [0.25, 0.3) is 0 Å². The molecule has 0 atom stereocenters. The molecule has 4 heteroatoms. The molecule has 0 saturated heterocycles. The zero-order valence-electron chi connectivity index (χ0n) is 8.02. The van der Waals surface area contributed by atoms with Gasteiger partial charge in [-0.2, -0.15) is 0 Å². The second kappa shape index (κ2) is 4.11. The third-order valence-corrected chi connectivity index (χ3v) is 3.23. The monoisotopic (exact) mass is 222 g/mol. The van der Waals surface area contributed by atoms with Crippen molar-refractivity contribution in [1.29, 1.82) is 0 Å². The average Bonchev–Trinajstić information content (AvgIpc) is 2.69. The minimum Gasteiger partial charge on any atom is -0.228 e. The number of rotatable bonds is 2. The topological polar surface area (TPSA) is 25.8 Å². The normalized spacial score (nSPS) is 10.4. The van der Waals surface area contributed by atoms with Gasteiger partial charge in [-0.15, -0.1) is 11.3 Å². The van der Waals surface area contributed by atoms with Gasteiger partial charge in [0.05, 0.1) is 10.6 Å². The second-order valence-electron chi connectivity index (χ2n) is 2.86. The molecule has 0 saturated carbocycles. The van der Waals surface area contributed by atoms with Crippen LogP contribution in [0.3, 0.4) is 0 Å². The molecule has 0 aliphatic rings. The Bertz CT molecular complexity index is 424. The van der Waals surface area contributed by atoms with E-state index in [0.29, 0.717) is 0 Å². The summed E-state index contributed by atoms with van der Waals surface area (Å²) in [6.07, 6.45) is 1.99. The van der Waals surface area contributed by atoms with Crippen LogP contribution in [-0.4, -0.2) is 16.2 Å². The number of aryl methyl sites for hydroxylation is 1. The highest BCUT2D eigenvalue weighted by Gasteiger charge is 2.04. The van der Waals surface area contributed by atoms with Gasteiger partial charge in [0.1, 0.15) is 0 Å². The van der Waals surface area contributed by atoms with Crippen molar-refractivity contribution in [3.8, 4) is 10.6 Å². The quantitative estimate of drug-likeness (QED) is 0.576. The van der Waals surface area contributed by atoms with Gasteiger partial charge in [0.2, 0.25) is 0 Å². The maximum atomic E-state index is 4.46. The number of thiophene rings is 1. The summed E-state index contributed by atoms with van der Waals surface area (Å²) in [5.74, 6) is 0. The summed E-state index contributed by atoms with van der Waals surface area (Å²) in [6.45, 7) is 2.00. The Labute approximate surface area is 91.4 Å². The van der Waals surface area contributed by atoms with Gasteiger partial charge in [-0.3, -0.25) is 0 Å². The van der Waals surface area contributed by atoms with Crippen LogP contribution < -0.4 is 0 Å². The van der Waals surface area contributed by atoms with Crippen LogP contribution in [0.4, 0.5) is 0 Å². The molecular weight excluding hydrogens is 212 g/mol. The predicted octanol–water partition coefficient (Wildman–Crippen LogP) is 3.24. The minimum atomic E-state index is 0.841. The van der Waals surface area contributed by atoms with Gasteiger partial charge in [0, 0.05) is 5.69 Å². The van der Waals surface area contributed by atoms with Crippen molar-refractivity contribution in [3.63, 3.8) is 0 Å². The van der Waals surface area contributed by atoms with E-state index in [0.717, 1.165) is 16.5 Å². The molecule has 2 rings (SSSR count). The Morgan fingerprint density at radius 2 is 2.21 bits per heavy atom. The molecule has 0 radical (unpaired) electrons. The van der Waals surface area contributed by atoms with E-state index in [1.165, 1.54) is 4.88 Å². The number of nitrogens with zero attached hydrogens (tertiary/aromatic N) is 2. The van der Waals surface area contributed by atoms with Crippen LogP contribution in [0.1, 0.15) is 5.69 Å². The maximum absolute atomic E-state index is 4.46. The standard InChI is InChI=1S/C10H10N2S2/c1-7-6-8(9-4-3-5-14-9)12-10(11-7)13-2/h3-6H,1-2H3. The molecule has 14 heavy (non-hydrogen) atoms. The van der Waals surface area contributed by atoms with Crippen molar-refractivity contribution in [3.05, 3.63) is 29.3 Å². The van der Waals surface area contributed by atoms with E-state index in [-0.39, 0.29) is 0 Å². The molecule has 2 heterocycles. The maximum Gasteiger partial charge on any atom is 0.188 e. The highest BCUT2D eigenvalue weighted by Crippen LogP contribution is 2.24. The first kappa shape index (κ1) is 9.68. The van der Waals surface area contributed by atoms with Crippen molar-refractivity contribution in [1.82, 2.24) is 9.97 Å². The Morgan fingerprint density at radius 1 is 1.36 bits per heavy atom. The van der Waals surface area contributed by atoms with Gasteiger partial charge in [-0.25, -0.2) is 9.97 Å². The van der Waals surface area contributed by atoms with Crippen LogP contribution >= 0.6 is 23.1 Å². The van der Waals surface area contributed by atoms with Crippen molar-refractivity contribution in [2.24, 2.45) is 0 Å². The fraction of sp³-hybridized carbons (Fsp3) is 0.200. The Hall–Kier alpha value is -0.870. The first-order chi connectivity index (χ1) is 6.79. The van der Waals surface area contributed by atoms with Gasteiger partial charge in [-0.1, -0.05) is 17.8 Å².